The summed E-state index contributed by atoms with van der Waals surface area (Å²) in [5, 5.41) is 0. The fourth-order valence-corrected chi connectivity index (χ4v) is 4.96. The lowest BCUT2D eigenvalue weighted by Gasteiger charge is -2.40. The number of piperidine rings is 1. The summed E-state index contributed by atoms with van der Waals surface area (Å²) in [6, 6.07) is 10.5. The molecule has 1 saturated heterocycles. The number of fused-ring (bicyclic) bond motifs is 1. The fraction of sp³-hybridized carbons (Fsp3) is 0.480. The summed E-state index contributed by atoms with van der Waals surface area (Å²) in [7, 11) is 3.59. The molecule has 2 heterocycles. The maximum absolute atomic E-state index is 11.7. The number of ketones is 1. The lowest BCUT2D eigenvalue weighted by Crippen LogP contribution is -2.40. The SMILES string of the molecule is COC1=C(CN2CC[C@H](OC)C[C@H]2c2ccc(C(C)=O)cc2)c2cc[nH]c2C(C)C1. The Balaban J connectivity index is 1.65. The van der Waals surface area contributed by atoms with Gasteiger partial charge in [0.05, 0.1) is 13.2 Å². The number of H-pyrrole nitrogens is 1. The van der Waals surface area contributed by atoms with Crippen LogP contribution >= 0.6 is 0 Å². The van der Waals surface area contributed by atoms with Crippen molar-refractivity contribution in [3.63, 3.8) is 0 Å². The summed E-state index contributed by atoms with van der Waals surface area (Å²) in [5.74, 6) is 1.63. The zero-order valence-corrected chi connectivity index (χ0v) is 18.4. The number of nitrogens with zero attached hydrogens (tertiary/aromatic N) is 1. The van der Waals surface area contributed by atoms with E-state index in [-0.39, 0.29) is 17.9 Å². The largest absolute Gasteiger partial charge is 0.501 e. The molecule has 1 aromatic heterocycles. The number of nitrogens with one attached hydrogen (secondary N) is 1. The number of aromatic amines is 1. The van der Waals surface area contributed by atoms with Crippen LogP contribution < -0.4 is 0 Å². The number of Topliss-reactive ketones (excluding diaryl/α,β-unsaturated/α-hetero) is 1. The first-order valence-electron chi connectivity index (χ1n) is 10.8. The van der Waals surface area contributed by atoms with Crippen molar-refractivity contribution in [1.82, 2.24) is 9.88 Å². The third-order valence-electron chi connectivity index (χ3n) is 6.73. The molecule has 1 unspecified atom stereocenters. The molecule has 1 aliphatic heterocycles. The van der Waals surface area contributed by atoms with Crippen LogP contribution in [0.2, 0.25) is 0 Å². The molecule has 30 heavy (non-hydrogen) atoms. The molecule has 0 radical (unpaired) electrons. The molecule has 5 nitrogen and oxygen atoms in total. The quantitative estimate of drug-likeness (QED) is 0.689. The van der Waals surface area contributed by atoms with Crippen LogP contribution in [0.15, 0.2) is 42.3 Å². The van der Waals surface area contributed by atoms with Crippen LogP contribution in [0.25, 0.3) is 5.57 Å². The highest BCUT2D eigenvalue weighted by Crippen LogP contribution is 2.41. The number of hydrogen-bond donors (Lipinski definition) is 1. The number of allylic oxidation sites excluding steroid dienone is 1. The summed E-state index contributed by atoms with van der Waals surface area (Å²) < 4.78 is 11.6. The highest BCUT2D eigenvalue weighted by atomic mass is 16.5. The van der Waals surface area contributed by atoms with Crippen molar-refractivity contribution in [3.8, 4) is 0 Å². The Hall–Kier alpha value is -2.37. The summed E-state index contributed by atoms with van der Waals surface area (Å²) in [6.07, 6.45) is 5.18. The van der Waals surface area contributed by atoms with E-state index in [1.54, 1.807) is 21.1 Å². The molecule has 0 amide bonds. The van der Waals surface area contributed by atoms with Gasteiger partial charge in [-0.1, -0.05) is 31.2 Å². The third-order valence-corrected chi connectivity index (χ3v) is 6.73. The Kier molecular flexibility index (Phi) is 6.11. The second-order valence-electron chi connectivity index (χ2n) is 8.56. The van der Waals surface area contributed by atoms with Crippen molar-refractivity contribution in [1.29, 1.82) is 0 Å². The highest BCUT2D eigenvalue weighted by molar-refractivity contribution is 5.94. The van der Waals surface area contributed by atoms with Crippen molar-refractivity contribution in [2.24, 2.45) is 0 Å². The molecule has 4 rings (SSSR count). The highest BCUT2D eigenvalue weighted by Gasteiger charge is 2.33. The van der Waals surface area contributed by atoms with Gasteiger partial charge in [-0.2, -0.15) is 0 Å². The first kappa shape index (κ1) is 20.9. The zero-order valence-electron chi connectivity index (χ0n) is 18.4. The molecule has 2 aromatic rings. The molecule has 0 saturated carbocycles. The first-order chi connectivity index (χ1) is 14.5. The van der Waals surface area contributed by atoms with Gasteiger partial charge in [0.15, 0.2) is 5.78 Å². The van der Waals surface area contributed by atoms with Crippen LogP contribution in [-0.2, 0) is 9.47 Å². The van der Waals surface area contributed by atoms with E-state index in [0.29, 0.717) is 5.92 Å². The Labute approximate surface area is 179 Å². The van der Waals surface area contributed by atoms with E-state index in [1.165, 1.54) is 22.4 Å². The average molecular weight is 409 g/mol. The van der Waals surface area contributed by atoms with E-state index < -0.39 is 0 Å². The van der Waals surface area contributed by atoms with Crippen molar-refractivity contribution in [3.05, 3.63) is 64.7 Å². The number of aromatic nitrogens is 1. The van der Waals surface area contributed by atoms with Gasteiger partial charge in [0, 0.05) is 67.2 Å². The van der Waals surface area contributed by atoms with Gasteiger partial charge in [-0.05, 0) is 31.4 Å². The minimum Gasteiger partial charge on any atom is -0.501 e. The van der Waals surface area contributed by atoms with E-state index >= 15 is 0 Å². The Morgan fingerprint density at radius 2 is 1.97 bits per heavy atom. The Bertz CT molecular complexity index is 928. The van der Waals surface area contributed by atoms with Gasteiger partial charge < -0.3 is 14.5 Å². The molecular formula is C25H32N2O3. The molecule has 1 N–H and O–H groups in total. The number of ether oxygens (including phenoxy) is 2. The molecule has 1 aliphatic carbocycles. The van der Waals surface area contributed by atoms with Crippen LogP contribution in [0.1, 0.15) is 72.2 Å². The minimum absolute atomic E-state index is 0.100. The number of carbonyl (C=O) groups is 1. The van der Waals surface area contributed by atoms with Gasteiger partial charge in [0.2, 0.25) is 0 Å². The van der Waals surface area contributed by atoms with E-state index in [9.17, 15) is 4.79 Å². The van der Waals surface area contributed by atoms with Crippen molar-refractivity contribution < 1.29 is 14.3 Å². The smallest absolute Gasteiger partial charge is 0.159 e. The molecule has 0 bridgehead atoms. The lowest BCUT2D eigenvalue weighted by molar-refractivity contribution is 0.0151. The van der Waals surface area contributed by atoms with Crippen LogP contribution in [0.5, 0.6) is 0 Å². The van der Waals surface area contributed by atoms with Crippen molar-refractivity contribution in [2.75, 3.05) is 27.3 Å². The second kappa shape index (κ2) is 8.78. The van der Waals surface area contributed by atoms with Gasteiger partial charge in [0.25, 0.3) is 0 Å². The van der Waals surface area contributed by atoms with E-state index in [1.807, 2.05) is 18.3 Å². The fourth-order valence-electron chi connectivity index (χ4n) is 4.96. The van der Waals surface area contributed by atoms with Crippen LogP contribution in [0, 0.1) is 0 Å². The average Bonchev–Trinajstić information content (AvgIpc) is 3.26. The molecule has 160 valence electrons. The summed E-state index contributed by atoms with van der Waals surface area (Å²) >= 11 is 0. The minimum atomic E-state index is 0.100. The zero-order chi connectivity index (χ0) is 21.3. The maximum atomic E-state index is 11.7. The predicted octanol–water partition coefficient (Wildman–Crippen LogP) is 4.93. The number of methoxy groups -OCH3 is 2. The van der Waals surface area contributed by atoms with Gasteiger partial charge in [-0.3, -0.25) is 9.69 Å². The van der Waals surface area contributed by atoms with E-state index in [0.717, 1.165) is 43.7 Å². The van der Waals surface area contributed by atoms with Crippen LogP contribution in [0.4, 0.5) is 0 Å². The summed E-state index contributed by atoms with van der Waals surface area (Å²) in [5.41, 5.74) is 5.87. The molecule has 1 aromatic carbocycles. The Morgan fingerprint density at radius 1 is 1.20 bits per heavy atom. The van der Waals surface area contributed by atoms with Gasteiger partial charge >= 0.3 is 0 Å². The number of hydrogen-bond acceptors (Lipinski definition) is 4. The van der Waals surface area contributed by atoms with Crippen molar-refractivity contribution in [2.45, 2.75) is 51.2 Å². The monoisotopic (exact) mass is 408 g/mol. The van der Waals surface area contributed by atoms with E-state index in [2.05, 4.69) is 35.0 Å². The van der Waals surface area contributed by atoms with Crippen LogP contribution in [-0.4, -0.2) is 49.1 Å². The maximum Gasteiger partial charge on any atom is 0.159 e. The number of rotatable bonds is 6. The molecule has 3 atom stereocenters. The van der Waals surface area contributed by atoms with Gasteiger partial charge in [-0.25, -0.2) is 0 Å². The van der Waals surface area contributed by atoms with Gasteiger partial charge in [0.1, 0.15) is 5.76 Å². The summed E-state index contributed by atoms with van der Waals surface area (Å²) in [6.45, 7) is 5.67. The molecule has 1 fully saturated rings. The number of benzene rings is 1. The number of likely N-dealkylation sites (tertiary alicyclic amines) is 1. The van der Waals surface area contributed by atoms with Gasteiger partial charge in [-0.15, -0.1) is 0 Å². The number of carbonyl (C=O) groups excluding carboxylic acids is 1. The molecular weight excluding hydrogens is 376 g/mol. The topological polar surface area (TPSA) is 54.6 Å². The third kappa shape index (κ3) is 3.96. The van der Waals surface area contributed by atoms with E-state index in [4.69, 9.17) is 9.47 Å². The normalized spacial score (nSPS) is 24.6. The predicted molar refractivity (Wildman–Crippen MR) is 119 cm³/mol. The van der Waals surface area contributed by atoms with Crippen LogP contribution in [0.3, 0.4) is 0 Å². The molecule has 2 aliphatic rings. The van der Waals surface area contributed by atoms with Crippen molar-refractivity contribution >= 4 is 11.4 Å². The Morgan fingerprint density at radius 3 is 2.63 bits per heavy atom. The second-order valence-corrected chi connectivity index (χ2v) is 8.56. The standard InChI is InChI=1S/C25H32N2O3/c1-16-13-24(30-4)22(21-9-11-26-25(16)21)15-27-12-10-20(29-3)14-23(27)19-7-5-18(6-8-19)17(2)28/h5-9,11,16,20,23,26H,10,12-15H2,1-4H3/t16?,20-,23-/m0/s1. The molecule has 0 spiro atoms. The lowest BCUT2D eigenvalue weighted by atomic mass is 9.86. The molecule has 5 heteroatoms. The first-order valence-corrected chi connectivity index (χ1v) is 10.8. The summed E-state index contributed by atoms with van der Waals surface area (Å²) in [4.78, 5) is 17.7.